The summed E-state index contributed by atoms with van der Waals surface area (Å²) in [4.78, 5) is 26.3. The van der Waals surface area contributed by atoms with Crippen LogP contribution in [0.2, 0.25) is 0 Å². The van der Waals surface area contributed by atoms with E-state index in [9.17, 15) is 14.0 Å². The van der Waals surface area contributed by atoms with Crippen LogP contribution in [0.5, 0.6) is 0 Å². The normalized spacial score (nSPS) is 16.3. The number of carbonyl (C=O) groups excluding carboxylic acids is 2. The van der Waals surface area contributed by atoms with Gasteiger partial charge in [0.05, 0.1) is 5.92 Å². The summed E-state index contributed by atoms with van der Waals surface area (Å²) in [5, 5.41) is 2.63. The standard InChI is InChI=1S/C19H19FN2O2/c1-12-3-5-13(6-4-12)11-22(2)19(24)16-10-18(23)21-17-9-14(20)7-8-15(16)17/h3-9,16H,10-11H2,1-2H3,(H,21,23). The fourth-order valence-electron chi connectivity index (χ4n) is 2.97. The van der Waals surface area contributed by atoms with Gasteiger partial charge in [0.15, 0.2) is 0 Å². The monoisotopic (exact) mass is 326 g/mol. The third-order valence-corrected chi connectivity index (χ3v) is 4.27. The number of amides is 2. The van der Waals surface area contributed by atoms with Crippen LogP contribution in [-0.2, 0) is 16.1 Å². The number of nitrogens with one attached hydrogen (secondary N) is 1. The Morgan fingerprint density at radius 2 is 1.96 bits per heavy atom. The number of likely N-dealkylation sites (N-methyl/N-ethyl adjacent to an activating group) is 1. The van der Waals surface area contributed by atoms with Crippen molar-refractivity contribution in [2.45, 2.75) is 25.8 Å². The molecule has 1 unspecified atom stereocenters. The van der Waals surface area contributed by atoms with E-state index in [0.29, 0.717) is 17.8 Å². The number of halogens is 1. The van der Waals surface area contributed by atoms with Crippen LogP contribution >= 0.6 is 0 Å². The van der Waals surface area contributed by atoms with E-state index in [4.69, 9.17) is 0 Å². The van der Waals surface area contributed by atoms with Crippen molar-refractivity contribution in [3.8, 4) is 0 Å². The summed E-state index contributed by atoms with van der Waals surface area (Å²) in [6.45, 7) is 2.48. The maximum absolute atomic E-state index is 13.4. The van der Waals surface area contributed by atoms with Crippen LogP contribution in [0.25, 0.3) is 0 Å². The second-order valence-electron chi connectivity index (χ2n) is 6.22. The molecule has 1 aliphatic heterocycles. The Bertz CT molecular complexity index is 786. The Balaban J connectivity index is 1.81. The van der Waals surface area contributed by atoms with E-state index < -0.39 is 11.7 Å². The summed E-state index contributed by atoms with van der Waals surface area (Å²) in [6.07, 6.45) is 0.0791. The summed E-state index contributed by atoms with van der Waals surface area (Å²) >= 11 is 0. The summed E-state index contributed by atoms with van der Waals surface area (Å²) in [6, 6.07) is 12.1. The quantitative estimate of drug-likeness (QED) is 0.941. The van der Waals surface area contributed by atoms with Gasteiger partial charge in [-0.25, -0.2) is 4.39 Å². The molecule has 5 heteroatoms. The first-order chi connectivity index (χ1) is 11.4. The molecule has 2 aromatic carbocycles. The van der Waals surface area contributed by atoms with Gasteiger partial charge in [-0.05, 0) is 30.2 Å². The Morgan fingerprint density at radius 1 is 1.25 bits per heavy atom. The number of benzene rings is 2. The molecule has 0 bridgehead atoms. The minimum absolute atomic E-state index is 0.0791. The molecule has 2 aromatic rings. The number of hydrogen-bond donors (Lipinski definition) is 1. The van der Waals surface area contributed by atoms with Crippen molar-refractivity contribution in [3.05, 3.63) is 65.0 Å². The number of hydrogen-bond acceptors (Lipinski definition) is 2. The van der Waals surface area contributed by atoms with Gasteiger partial charge in [-0.1, -0.05) is 35.9 Å². The molecule has 124 valence electrons. The highest BCUT2D eigenvalue weighted by molar-refractivity contribution is 6.01. The van der Waals surface area contributed by atoms with Gasteiger partial charge in [0.25, 0.3) is 0 Å². The van der Waals surface area contributed by atoms with Gasteiger partial charge in [-0.15, -0.1) is 0 Å². The van der Waals surface area contributed by atoms with Crippen molar-refractivity contribution < 1.29 is 14.0 Å². The van der Waals surface area contributed by atoms with Crippen LogP contribution in [0.4, 0.5) is 10.1 Å². The van der Waals surface area contributed by atoms with E-state index in [1.54, 1.807) is 18.0 Å². The predicted molar refractivity (Wildman–Crippen MR) is 90.0 cm³/mol. The van der Waals surface area contributed by atoms with E-state index in [0.717, 1.165) is 11.1 Å². The summed E-state index contributed by atoms with van der Waals surface area (Å²) in [5.41, 5.74) is 3.23. The molecule has 2 amide bonds. The van der Waals surface area contributed by atoms with Crippen molar-refractivity contribution in [1.29, 1.82) is 0 Å². The molecule has 0 saturated heterocycles. The minimum atomic E-state index is -0.579. The van der Waals surface area contributed by atoms with Crippen LogP contribution in [0.15, 0.2) is 42.5 Å². The van der Waals surface area contributed by atoms with Crippen molar-refractivity contribution in [3.63, 3.8) is 0 Å². The molecule has 0 radical (unpaired) electrons. The van der Waals surface area contributed by atoms with Crippen molar-refractivity contribution in [1.82, 2.24) is 4.90 Å². The topological polar surface area (TPSA) is 49.4 Å². The lowest BCUT2D eigenvalue weighted by atomic mass is 9.89. The van der Waals surface area contributed by atoms with E-state index >= 15 is 0 Å². The predicted octanol–water partition coefficient (Wildman–Crippen LogP) is 3.22. The number of carbonyl (C=O) groups is 2. The lowest BCUT2D eigenvalue weighted by Crippen LogP contribution is -2.36. The van der Waals surface area contributed by atoms with Gasteiger partial charge in [-0.3, -0.25) is 9.59 Å². The number of nitrogens with zero attached hydrogens (tertiary/aromatic N) is 1. The first-order valence-corrected chi connectivity index (χ1v) is 7.84. The van der Waals surface area contributed by atoms with Gasteiger partial charge >= 0.3 is 0 Å². The summed E-state index contributed by atoms with van der Waals surface area (Å²) in [7, 11) is 1.72. The summed E-state index contributed by atoms with van der Waals surface area (Å²) in [5.74, 6) is -1.42. The Morgan fingerprint density at radius 3 is 2.67 bits per heavy atom. The fraction of sp³-hybridized carbons (Fsp3) is 0.263. The van der Waals surface area contributed by atoms with Gasteiger partial charge in [0.1, 0.15) is 5.82 Å². The second-order valence-corrected chi connectivity index (χ2v) is 6.22. The smallest absolute Gasteiger partial charge is 0.230 e. The second kappa shape index (κ2) is 6.43. The molecular weight excluding hydrogens is 307 g/mol. The third-order valence-electron chi connectivity index (χ3n) is 4.27. The van der Waals surface area contributed by atoms with Crippen LogP contribution in [-0.4, -0.2) is 23.8 Å². The van der Waals surface area contributed by atoms with E-state index in [1.807, 2.05) is 31.2 Å². The van der Waals surface area contributed by atoms with Crippen LogP contribution in [0, 0.1) is 12.7 Å². The number of anilines is 1. The molecule has 1 aliphatic rings. The van der Waals surface area contributed by atoms with Gasteiger partial charge < -0.3 is 10.2 Å². The van der Waals surface area contributed by atoms with Gasteiger partial charge in [-0.2, -0.15) is 0 Å². The molecule has 0 saturated carbocycles. The van der Waals surface area contributed by atoms with Gasteiger partial charge in [0, 0.05) is 25.7 Å². The van der Waals surface area contributed by atoms with Gasteiger partial charge in [0.2, 0.25) is 11.8 Å². The third kappa shape index (κ3) is 3.30. The molecule has 1 N–H and O–H groups in total. The molecule has 0 fully saturated rings. The zero-order valence-electron chi connectivity index (χ0n) is 13.7. The number of aryl methyl sites for hydroxylation is 1. The SMILES string of the molecule is Cc1ccc(CN(C)C(=O)C2CC(=O)Nc3cc(F)ccc32)cc1. The van der Waals surface area contributed by atoms with Crippen molar-refractivity contribution in [2.75, 3.05) is 12.4 Å². The Hall–Kier alpha value is -2.69. The maximum Gasteiger partial charge on any atom is 0.230 e. The Kier molecular flexibility index (Phi) is 4.34. The molecule has 0 aromatic heterocycles. The molecule has 1 atom stereocenters. The zero-order valence-corrected chi connectivity index (χ0v) is 13.7. The molecular formula is C19H19FN2O2. The summed E-state index contributed by atoms with van der Waals surface area (Å²) < 4.78 is 13.4. The van der Waals surface area contributed by atoms with Crippen LogP contribution in [0.3, 0.4) is 0 Å². The molecule has 4 nitrogen and oxygen atoms in total. The number of fused-ring (bicyclic) bond motifs is 1. The molecule has 3 rings (SSSR count). The van der Waals surface area contributed by atoms with E-state index in [2.05, 4.69) is 5.32 Å². The maximum atomic E-state index is 13.4. The van der Waals surface area contributed by atoms with Crippen LogP contribution in [0.1, 0.15) is 29.0 Å². The van der Waals surface area contributed by atoms with E-state index in [-0.39, 0.29) is 18.2 Å². The molecule has 24 heavy (non-hydrogen) atoms. The minimum Gasteiger partial charge on any atom is -0.341 e. The zero-order chi connectivity index (χ0) is 17.3. The first kappa shape index (κ1) is 16.2. The van der Waals surface area contributed by atoms with Crippen molar-refractivity contribution in [2.24, 2.45) is 0 Å². The fourth-order valence-corrected chi connectivity index (χ4v) is 2.97. The first-order valence-electron chi connectivity index (χ1n) is 7.84. The Labute approximate surface area is 140 Å². The lowest BCUT2D eigenvalue weighted by molar-refractivity contribution is -0.134. The van der Waals surface area contributed by atoms with E-state index in [1.165, 1.54) is 12.1 Å². The number of rotatable bonds is 3. The van der Waals surface area contributed by atoms with Crippen LogP contribution < -0.4 is 5.32 Å². The highest BCUT2D eigenvalue weighted by atomic mass is 19.1. The highest BCUT2D eigenvalue weighted by Crippen LogP contribution is 2.34. The lowest BCUT2D eigenvalue weighted by Gasteiger charge is -2.28. The molecule has 0 spiro atoms. The largest absolute Gasteiger partial charge is 0.341 e. The highest BCUT2D eigenvalue weighted by Gasteiger charge is 2.32. The average molecular weight is 326 g/mol. The molecule has 1 heterocycles. The average Bonchev–Trinajstić information content (AvgIpc) is 2.55. The van der Waals surface area contributed by atoms with Crippen molar-refractivity contribution >= 4 is 17.5 Å². The molecule has 0 aliphatic carbocycles.